The lowest BCUT2D eigenvalue weighted by atomic mass is 10.3. The van der Waals surface area contributed by atoms with Gasteiger partial charge in [-0.2, -0.15) is 0 Å². The Labute approximate surface area is 50.0 Å². The molecule has 0 rings (SSSR count). The maximum Gasteiger partial charge on any atom is -0.0140 e. The van der Waals surface area contributed by atoms with Crippen LogP contribution in [0.15, 0.2) is 10.5 Å². The number of rotatable bonds is 1. The minimum atomic E-state index is 1.42. The highest BCUT2D eigenvalue weighted by molar-refractivity contribution is 8.02. The molecule has 0 saturated carbocycles. The summed E-state index contributed by atoms with van der Waals surface area (Å²) in [7, 11) is 0. The quantitative estimate of drug-likeness (QED) is 0.507. The monoisotopic (exact) mass is 116 g/mol. The molecule has 0 nitrogen and oxygen atoms in total. The lowest BCUT2D eigenvalue weighted by Crippen LogP contribution is -1.68. The predicted molar refractivity (Wildman–Crippen MR) is 37.6 cm³/mol. The summed E-state index contributed by atoms with van der Waals surface area (Å²) in [6.07, 6.45) is 2.10. The molecule has 0 aliphatic rings. The largest absolute Gasteiger partial charge is 0.134 e. The summed E-state index contributed by atoms with van der Waals surface area (Å²) in [5.41, 5.74) is 1.42. The molecule has 0 bridgehead atoms. The molecule has 1 heteroatoms. The van der Waals surface area contributed by atoms with Gasteiger partial charge in [-0.15, -0.1) is 11.8 Å². The van der Waals surface area contributed by atoms with E-state index < -0.39 is 0 Å². The van der Waals surface area contributed by atoms with E-state index in [0.717, 1.165) is 0 Å². The highest BCUT2D eigenvalue weighted by Gasteiger charge is 1.83. The first-order valence-electron chi connectivity index (χ1n) is 2.36. The molecule has 0 amide bonds. The van der Waals surface area contributed by atoms with Gasteiger partial charge in [-0.3, -0.25) is 0 Å². The maximum absolute atomic E-state index is 2.14. The second-order valence-corrected chi connectivity index (χ2v) is 2.78. The van der Waals surface area contributed by atoms with Crippen LogP contribution >= 0.6 is 11.8 Å². The molecular formula is C6H12S. The average molecular weight is 116 g/mol. The predicted octanol–water partition coefficient (Wildman–Crippen LogP) is 2.66. The van der Waals surface area contributed by atoms with Crippen molar-refractivity contribution < 1.29 is 0 Å². The minimum absolute atomic E-state index is 1.42. The first kappa shape index (κ1) is 7.09. The zero-order chi connectivity index (χ0) is 5.86. The highest BCUT2D eigenvalue weighted by atomic mass is 32.2. The Bertz CT molecular complexity index is 78.2. The van der Waals surface area contributed by atoms with Gasteiger partial charge in [-0.05, 0) is 31.9 Å². The third-order valence-electron chi connectivity index (χ3n) is 1.01. The van der Waals surface area contributed by atoms with E-state index in [1.165, 1.54) is 10.5 Å². The summed E-state index contributed by atoms with van der Waals surface area (Å²) in [4.78, 5) is 1.43. The van der Waals surface area contributed by atoms with Gasteiger partial charge >= 0.3 is 0 Å². The summed E-state index contributed by atoms with van der Waals surface area (Å²) >= 11 is 1.81. The van der Waals surface area contributed by atoms with Crippen LogP contribution in [0, 0.1) is 0 Å². The fourth-order valence-corrected chi connectivity index (χ4v) is 0.612. The van der Waals surface area contributed by atoms with Crippen LogP contribution in [0.4, 0.5) is 0 Å². The summed E-state index contributed by atoms with van der Waals surface area (Å²) < 4.78 is 0. The summed E-state index contributed by atoms with van der Waals surface area (Å²) in [5.74, 6) is 0. The smallest absolute Gasteiger partial charge is 0.0140 e. The lowest BCUT2D eigenvalue weighted by molar-refractivity contribution is 1.34. The molecule has 0 aliphatic heterocycles. The number of thioether (sulfide) groups is 1. The molecule has 0 aromatic rings. The summed E-state index contributed by atoms with van der Waals surface area (Å²) in [6.45, 7) is 6.40. The fraction of sp³-hybridized carbons (Fsp3) is 0.667. The van der Waals surface area contributed by atoms with Crippen LogP contribution in [0.5, 0.6) is 0 Å². The molecule has 42 valence electrons. The Hall–Kier alpha value is 0.0900. The first-order chi connectivity index (χ1) is 3.18. The van der Waals surface area contributed by atoms with E-state index in [2.05, 4.69) is 27.0 Å². The molecule has 0 heterocycles. The highest BCUT2D eigenvalue weighted by Crippen LogP contribution is 2.13. The van der Waals surface area contributed by atoms with Crippen molar-refractivity contribution in [3.05, 3.63) is 10.5 Å². The van der Waals surface area contributed by atoms with Crippen molar-refractivity contribution >= 4 is 11.8 Å². The van der Waals surface area contributed by atoms with Crippen molar-refractivity contribution in [1.82, 2.24) is 0 Å². The molecule has 7 heavy (non-hydrogen) atoms. The van der Waals surface area contributed by atoms with Crippen molar-refractivity contribution in [3.8, 4) is 0 Å². The molecule has 0 spiro atoms. The van der Waals surface area contributed by atoms with Crippen LogP contribution in [0.3, 0.4) is 0 Å². The van der Waals surface area contributed by atoms with Crippen molar-refractivity contribution in [2.24, 2.45) is 0 Å². The van der Waals surface area contributed by atoms with E-state index >= 15 is 0 Å². The van der Waals surface area contributed by atoms with Crippen molar-refractivity contribution in [2.75, 3.05) is 6.26 Å². The molecule has 0 fully saturated rings. The van der Waals surface area contributed by atoms with Crippen LogP contribution in [0.2, 0.25) is 0 Å². The fourth-order valence-electron chi connectivity index (χ4n) is 0.204. The Morgan fingerprint density at radius 2 is 1.57 bits per heavy atom. The third-order valence-corrected chi connectivity index (χ3v) is 2.03. The van der Waals surface area contributed by atoms with E-state index in [1.54, 1.807) is 0 Å². The molecule has 0 aromatic carbocycles. The molecule has 0 radical (unpaired) electrons. The van der Waals surface area contributed by atoms with Crippen molar-refractivity contribution in [1.29, 1.82) is 0 Å². The molecule has 0 saturated heterocycles. The molecular weight excluding hydrogens is 104 g/mol. The van der Waals surface area contributed by atoms with E-state index in [4.69, 9.17) is 0 Å². The lowest BCUT2D eigenvalue weighted by Gasteiger charge is -1.94. The van der Waals surface area contributed by atoms with Crippen LogP contribution in [-0.2, 0) is 0 Å². The minimum Gasteiger partial charge on any atom is -0.134 e. The van der Waals surface area contributed by atoms with Gasteiger partial charge in [0.2, 0.25) is 0 Å². The van der Waals surface area contributed by atoms with Gasteiger partial charge in [0.05, 0.1) is 0 Å². The average Bonchev–Trinajstić information content (AvgIpc) is 1.65. The molecule has 0 aromatic heterocycles. The summed E-state index contributed by atoms with van der Waals surface area (Å²) in [6, 6.07) is 0. The van der Waals surface area contributed by atoms with E-state index in [9.17, 15) is 0 Å². The SMILES string of the molecule is CSC(C)=C(C)C. The molecule has 0 aliphatic carbocycles. The molecule has 0 atom stereocenters. The zero-order valence-corrected chi connectivity index (χ0v) is 6.22. The number of hydrogen-bond donors (Lipinski definition) is 0. The standard InChI is InChI=1S/C6H12S/c1-5(2)6(3)7-4/h1-4H3. The van der Waals surface area contributed by atoms with Crippen molar-refractivity contribution in [2.45, 2.75) is 20.8 Å². The Balaban J connectivity index is 3.72. The Kier molecular flexibility index (Phi) is 3.18. The Morgan fingerprint density at radius 3 is 1.57 bits per heavy atom. The zero-order valence-electron chi connectivity index (χ0n) is 5.41. The number of allylic oxidation sites excluding steroid dienone is 2. The molecule has 0 N–H and O–H groups in total. The van der Waals surface area contributed by atoms with Gasteiger partial charge in [-0.25, -0.2) is 0 Å². The first-order valence-corrected chi connectivity index (χ1v) is 3.59. The van der Waals surface area contributed by atoms with Crippen LogP contribution in [0.1, 0.15) is 20.8 Å². The van der Waals surface area contributed by atoms with Crippen LogP contribution in [-0.4, -0.2) is 6.26 Å². The summed E-state index contributed by atoms with van der Waals surface area (Å²) in [5, 5.41) is 0. The second kappa shape index (κ2) is 3.14. The topological polar surface area (TPSA) is 0 Å². The third kappa shape index (κ3) is 2.75. The van der Waals surface area contributed by atoms with Gasteiger partial charge in [0.25, 0.3) is 0 Å². The van der Waals surface area contributed by atoms with Gasteiger partial charge in [0.1, 0.15) is 0 Å². The normalized spacial score (nSPS) is 8.57. The van der Waals surface area contributed by atoms with E-state index in [-0.39, 0.29) is 0 Å². The van der Waals surface area contributed by atoms with Gasteiger partial charge in [0.15, 0.2) is 0 Å². The van der Waals surface area contributed by atoms with Crippen LogP contribution in [0.25, 0.3) is 0 Å². The molecule has 0 unspecified atom stereocenters. The second-order valence-electron chi connectivity index (χ2n) is 1.76. The maximum atomic E-state index is 2.14. The van der Waals surface area contributed by atoms with E-state index in [0.29, 0.717) is 0 Å². The van der Waals surface area contributed by atoms with Crippen LogP contribution < -0.4 is 0 Å². The Morgan fingerprint density at radius 1 is 1.14 bits per heavy atom. The van der Waals surface area contributed by atoms with E-state index in [1.807, 2.05) is 11.8 Å². The number of hydrogen-bond acceptors (Lipinski definition) is 1. The van der Waals surface area contributed by atoms with Gasteiger partial charge < -0.3 is 0 Å². The van der Waals surface area contributed by atoms with Crippen molar-refractivity contribution in [3.63, 3.8) is 0 Å². The van der Waals surface area contributed by atoms with Gasteiger partial charge in [0, 0.05) is 0 Å². The van der Waals surface area contributed by atoms with Gasteiger partial charge in [-0.1, -0.05) is 5.57 Å².